The number of likely N-dealkylation sites (N-methyl/N-ethyl adjacent to an activating group) is 1. The highest BCUT2D eigenvalue weighted by atomic mass is 16.5. The summed E-state index contributed by atoms with van der Waals surface area (Å²) in [6.07, 6.45) is 0. The monoisotopic (exact) mass is 277 g/mol. The second-order valence-corrected chi connectivity index (χ2v) is 4.63. The number of hydrogen-bond donors (Lipinski definition) is 0. The van der Waals surface area contributed by atoms with E-state index in [1.807, 2.05) is 0 Å². The van der Waals surface area contributed by atoms with Crippen molar-refractivity contribution in [2.24, 2.45) is 0 Å². The van der Waals surface area contributed by atoms with Gasteiger partial charge < -0.3 is 14.5 Å². The van der Waals surface area contributed by atoms with Gasteiger partial charge in [-0.15, -0.1) is 0 Å². The number of carbonyl (C=O) groups is 2. The molecule has 0 radical (unpaired) electrons. The first-order chi connectivity index (χ1) is 9.65. The van der Waals surface area contributed by atoms with Crippen LogP contribution in [-0.2, 0) is 4.74 Å². The predicted octanol–water partition coefficient (Wildman–Crippen LogP) is 0.646. The topological polar surface area (TPSA) is 62.7 Å². The second kappa shape index (κ2) is 6.47. The predicted molar refractivity (Wildman–Crippen MR) is 73.6 cm³/mol. The van der Waals surface area contributed by atoms with Crippen LogP contribution in [0.5, 0.6) is 0 Å². The molecule has 0 unspecified atom stereocenters. The number of esters is 1. The second-order valence-electron chi connectivity index (χ2n) is 4.63. The molecule has 1 aromatic rings. The molecule has 6 heteroatoms. The average Bonchev–Trinajstić information content (AvgIpc) is 2.53. The third kappa shape index (κ3) is 3.14. The van der Waals surface area contributed by atoms with E-state index in [1.54, 1.807) is 17.0 Å². The molecule has 0 atom stereocenters. The van der Waals surface area contributed by atoms with E-state index in [4.69, 9.17) is 0 Å². The van der Waals surface area contributed by atoms with Crippen LogP contribution in [0.4, 0.5) is 0 Å². The zero-order valence-corrected chi connectivity index (χ0v) is 11.8. The molecule has 0 N–H and O–H groups in total. The van der Waals surface area contributed by atoms with Gasteiger partial charge in [-0.1, -0.05) is 13.0 Å². The van der Waals surface area contributed by atoms with E-state index in [-0.39, 0.29) is 17.3 Å². The van der Waals surface area contributed by atoms with Crippen molar-refractivity contribution in [3.05, 3.63) is 29.6 Å². The average molecular weight is 277 g/mol. The third-order valence-electron chi connectivity index (χ3n) is 3.47. The van der Waals surface area contributed by atoms with Crippen LogP contribution >= 0.6 is 0 Å². The zero-order valence-electron chi connectivity index (χ0n) is 11.8. The molecule has 0 aliphatic carbocycles. The summed E-state index contributed by atoms with van der Waals surface area (Å²) >= 11 is 0. The van der Waals surface area contributed by atoms with Crippen molar-refractivity contribution < 1.29 is 14.3 Å². The summed E-state index contributed by atoms with van der Waals surface area (Å²) in [5.74, 6) is -0.665. The SMILES string of the molecule is CCN1CCN(C(=O)c2cccc(C(=O)OC)n2)CC1. The van der Waals surface area contributed by atoms with Gasteiger partial charge in [0.1, 0.15) is 11.4 Å². The van der Waals surface area contributed by atoms with E-state index in [0.717, 1.165) is 19.6 Å². The van der Waals surface area contributed by atoms with Gasteiger partial charge in [0.05, 0.1) is 7.11 Å². The number of pyridine rings is 1. The van der Waals surface area contributed by atoms with Crippen molar-refractivity contribution in [3.63, 3.8) is 0 Å². The molecule has 1 fully saturated rings. The van der Waals surface area contributed by atoms with Crippen LogP contribution in [0.1, 0.15) is 27.9 Å². The summed E-state index contributed by atoms with van der Waals surface area (Å²) in [6.45, 7) is 6.24. The molecule has 6 nitrogen and oxygen atoms in total. The fraction of sp³-hybridized carbons (Fsp3) is 0.500. The van der Waals surface area contributed by atoms with Crippen molar-refractivity contribution in [3.8, 4) is 0 Å². The summed E-state index contributed by atoms with van der Waals surface area (Å²) in [6, 6.07) is 4.81. The first-order valence-electron chi connectivity index (χ1n) is 6.72. The standard InChI is InChI=1S/C14H19N3O3/c1-3-16-7-9-17(10-8-16)13(18)11-5-4-6-12(15-11)14(19)20-2/h4-6H,3,7-10H2,1-2H3. The smallest absolute Gasteiger partial charge is 0.356 e. The number of carbonyl (C=O) groups excluding carboxylic acids is 2. The molecule has 1 aliphatic heterocycles. The van der Waals surface area contributed by atoms with Gasteiger partial charge in [0, 0.05) is 26.2 Å². The third-order valence-corrected chi connectivity index (χ3v) is 3.47. The molecule has 20 heavy (non-hydrogen) atoms. The van der Waals surface area contributed by atoms with Crippen molar-refractivity contribution in [2.75, 3.05) is 39.8 Å². The van der Waals surface area contributed by atoms with Gasteiger partial charge >= 0.3 is 5.97 Å². The van der Waals surface area contributed by atoms with Gasteiger partial charge in [0.2, 0.25) is 0 Å². The van der Waals surface area contributed by atoms with Crippen LogP contribution in [-0.4, -0.2) is 66.5 Å². The van der Waals surface area contributed by atoms with Crippen molar-refractivity contribution in [1.82, 2.24) is 14.8 Å². The minimum atomic E-state index is -0.532. The fourth-order valence-corrected chi connectivity index (χ4v) is 2.20. The van der Waals surface area contributed by atoms with Crippen molar-refractivity contribution in [1.29, 1.82) is 0 Å². The van der Waals surface area contributed by atoms with Gasteiger partial charge in [-0.25, -0.2) is 9.78 Å². The van der Waals surface area contributed by atoms with Gasteiger partial charge in [-0.2, -0.15) is 0 Å². The highest BCUT2D eigenvalue weighted by Gasteiger charge is 2.22. The maximum atomic E-state index is 12.4. The molecule has 0 aromatic carbocycles. The van der Waals surface area contributed by atoms with E-state index in [2.05, 4.69) is 21.5 Å². The number of rotatable bonds is 3. The van der Waals surface area contributed by atoms with Crippen molar-refractivity contribution in [2.45, 2.75) is 6.92 Å². The fourth-order valence-electron chi connectivity index (χ4n) is 2.20. The van der Waals surface area contributed by atoms with Gasteiger partial charge in [0.15, 0.2) is 0 Å². The number of hydrogen-bond acceptors (Lipinski definition) is 5. The summed E-state index contributed by atoms with van der Waals surface area (Å²) < 4.78 is 4.61. The zero-order chi connectivity index (χ0) is 14.5. The Balaban J connectivity index is 2.08. The summed E-state index contributed by atoms with van der Waals surface area (Å²) in [7, 11) is 1.29. The van der Waals surface area contributed by atoms with E-state index < -0.39 is 5.97 Å². The molecule has 0 saturated carbocycles. The summed E-state index contributed by atoms with van der Waals surface area (Å²) in [5, 5.41) is 0. The molecule has 0 spiro atoms. The Hall–Kier alpha value is -1.95. The van der Waals surface area contributed by atoms with E-state index in [9.17, 15) is 9.59 Å². The molecule has 2 heterocycles. The molecule has 1 saturated heterocycles. The molecule has 1 aliphatic rings. The van der Waals surface area contributed by atoms with Crippen LogP contribution in [0, 0.1) is 0 Å². The number of ether oxygens (including phenoxy) is 1. The maximum Gasteiger partial charge on any atom is 0.356 e. The first kappa shape index (κ1) is 14.5. The number of amides is 1. The van der Waals surface area contributed by atoms with E-state index in [1.165, 1.54) is 13.2 Å². The maximum absolute atomic E-state index is 12.4. The lowest BCUT2D eigenvalue weighted by Gasteiger charge is -2.33. The molecular weight excluding hydrogens is 258 g/mol. The van der Waals surface area contributed by atoms with Crippen LogP contribution in [0.15, 0.2) is 18.2 Å². The Morgan fingerprint density at radius 3 is 2.45 bits per heavy atom. The van der Waals surface area contributed by atoms with Crippen molar-refractivity contribution >= 4 is 11.9 Å². The molecular formula is C14H19N3O3. The largest absolute Gasteiger partial charge is 0.464 e. The molecule has 1 amide bonds. The van der Waals surface area contributed by atoms with Crippen LogP contribution < -0.4 is 0 Å². The van der Waals surface area contributed by atoms with Gasteiger partial charge in [-0.3, -0.25) is 4.79 Å². The Bertz CT molecular complexity index is 496. The van der Waals surface area contributed by atoms with Crippen LogP contribution in [0.2, 0.25) is 0 Å². The van der Waals surface area contributed by atoms with Gasteiger partial charge in [-0.05, 0) is 18.7 Å². The minimum Gasteiger partial charge on any atom is -0.464 e. The minimum absolute atomic E-state index is 0.133. The quantitative estimate of drug-likeness (QED) is 0.759. The Kier molecular flexibility index (Phi) is 4.68. The van der Waals surface area contributed by atoms with Crippen LogP contribution in [0.3, 0.4) is 0 Å². The molecule has 2 rings (SSSR count). The van der Waals surface area contributed by atoms with E-state index >= 15 is 0 Å². The number of nitrogens with zero attached hydrogens (tertiary/aromatic N) is 3. The Labute approximate surface area is 118 Å². The number of piperazine rings is 1. The molecule has 108 valence electrons. The summed E-state index contributed by atoms with van der Waals surface area (Å²) in [4.78, 5) is 31.9. The highest BCUT2D eigenvalue weighted by Crippen LogP contribution is 2.08. The number of aromatic nitrogens is 1. The highest BCUT2D eigenvalue weighted by molar-refractivity contribution is 5.94. The summed E-state index contributed by atoms with van der Waals surface area (Å²) in [5.41, 5.74) is 0.448. The lowest BCUT2D eigenvalue weighted by Crippen LogP contribution is -2.48. The molecule has 1 aromatic heterocycles. The van der Waals surface area contributed by atoms with Gasteiger partial charge in [0.25, 0.3) is 5.91 Å². The lowest BCUT2D eigenvalue weighted by atomic mass is 10.2. The number of methoxy groups -OCH3 is 1. The molecule has 0 bridgehead atoms. The van der Waals surface area contributed by atoms with E-state index in [0.29, 0.717) is 13.1 Å². The first-order valence-corrected chi connectivity index (χ1v) is 6.72. The normalized spacial score (nSPS) is 16.0. The lowest BCUT2D eigenvalue weighted by molar-refractivity contribution is 0.0592. The Morgan fingerprint density at radius 2 is 1.85 bits per heavy atom. The van der Waals surface area contributed by atoms with Crippen LogP contribution in [0.25, 0.3) is 0 Å². The Morgan fingerprint density at radius 1 is 1.20 bits per heavy atom.